The van der Waals surface area contributed by atoms with Gasteiger partial charge in [0.05, 0.1) is 7.11 Å². The van der Waals surface area contributed by atoms with Gasteiger partial charge in [-0.05, 0) is 20.0 Å². The fourth-order valence-corrected chi connectivity index (χ4v) is 1.98. The van der Waals surface area contributed by atoms with Gasteiger partial charge in [0.25, 0.3) is 0 Å². The van der Waals surface area contributed by atoms with Gasteiger partial charge in [-0.15, -0.1) is 0 Å². The van der Waals surface area contributed by atoms with Crippen LogP contribution in [0, 0.1) is 0 Å². The Morgan fingerprint density at radius 2 is 2.19 bits per heavy atom. The van der Waals surface area contributed by atoms with E-state index in [1.54, 1.807) is 32.4 Å². The lowest BCUT2D eigenvalue weighted by atomic mass is 10.1. The molecule has 88 valence electrons. The van der Waals surface area contributed by atoms with Crippen LogP contribution < -0.4 is 5.32 Å². The van der Waals surface area contributed by atoms with E-state index in [-0.39, 0.29) is 5.97 Å². The van der Waals surface area contributed by atoms with Gasteiger partial charge in [-0.25, -0.2) is 9.97 Å². The molecule has 16 heavy (non-hydrogen) atoms. The van der Waals surface area contributed by atoms with Crippen molar-refractivity contribution in [1.29, 1.82) is 0 Å². The number of hydrogen-bond donors (Lipinski definition) is 1. The molecule has 1 heterocycles. The van der Waals surface area contributed by atoms with Gasteiger partial charge in [0.2, 0.25) is 0 Å². The lowest BCUT2D eigenvalue weighted by molar-refractivity contribution is -0.146. The minimum Gasteiger partial charge on any atom is -0.468 e. The second-order valence-electron chi connectivity index (χ2n) is 3.39. The Kier molecular flexibility index (Phi) is 4.70. The van der Waals surface area contributed by atoms with Gasteiger partial charge in [-0.1, -0.05) is 11.8 Å². The summed E-state index contributed by atoms with van der Waals surface area (Å²) in [6.45, 7) is 1.79. The Morgan fingerprint density at radius 1 is 1.56 bits per heavy atom. The SMILES string of the molecule is CNC(C)(CSc1ncccn1)C(=O)OC. The molecule has 0 saturated heterocycles. The van der Waals surface area contributed by atoms with Gasteiger partial charge < -0.3 is 10.1 Å². The average molecular weight is 241 g/mol. The third-order valence-corrected chi connectivity index (χ3v) is 3.41. The molecule has 0 saturated carbocycles. The fourth-order valence-electron chi connectivity index (χ4n) is 1.03. The van der Waals surface area contributed by atoms with Gasteiger partial charge in [-0.2, -0.15) is 0 Å². The van der Waals surface area contributed by atoms with E-state index >= 15 is 0 Å². The predicted molar refractivity (Wildman–Crippen MR) is 62.2 cm³/mol. The van der Waals surface area contributed by atoms with Crippen LogP contribution in [0.25, 0.3) is 0 Å². The zero-order chi connectivity index (χ0) is 12.0. The number of thioether (sulfide) groups is 1. The number of hydrogen-bond acceptors (Lipinski definition) is 6. The molecule has 1 N–H and O–H groups in total. The normalized spacial score (nSPS) is 14.2. The Bertz CT molecular complexity index is 347. The van der Waals surface area contributed by atoms with Crippen molar-refractivity contribution in [2.24, 2.45) is 0 Å². The van der Waals surface area contributed by atoms with Crippen molar-refractivity contribution in [3.8, 4) is 0 Å². The molecule has 0 aromatic carbocycles. The molecule has 0 aliphatic rings. The maximum absolute atomic E-state index is 11.5. The standard InChI is InChI=1S/C10H15N3O2S/c1-10(11-2,8(14)15-3)7-16-9-12-5-4-6-13-9/h4-6,11H,7H2,1-3H3. The van der Waals surface area contributed by atoms with Gasteiger partial charge in [0, 0.05) is 18.1 Å². The lowest BCUT2D eigenvalue weighted by Gasteiger charge is -2.24. The number of nitrogens with one attached hydrogen (secondary N) is 1. The second-order valence-corrected chi connectivity index (χ2v) is 4.34. The Balaban J connectivity index is 2.62. The van der Waals surface area contributed by atoms with E-state index in [1.165, 1.54) is 18.9 Å². The average Bonchev–Trinajstić information content (AvgIpc) is 2.36. The molecule has 1 unspecified atom stereocenters. The molecule has 1 atom stereocenters. The highest BCUT2D eigenvalue weighted by Crippen LogP contribution is 2.19. The molecule has 1 rings (SSSR count). The number of aromatic nitrogens is 2. The van der Waals surface area contributed by atoms with Crippen molar-refractivity contribution < 1.29 is 9.53 Å². The third kappa shape index (κ3) is 3.18. The molecule has 0 spiro atoms. The van der Waals surface area contributed by atoms with Crippen LogP contribution >= 0.6 is 11.8 Å². The first kappa shape index (κ1) is 12.9. The van der Waals surface area contributed by atoms with Gasteiger partial charge in [-0.3, -0.25) is 4.79 Å². The Morgan fingerprint density at radius 3 is 2.69 bits per heavy atom. The molecular weight excluding hydrogens is 226 g/mol. The summed E-state index contributed by atoms with van der Waals surface area (Å²) in [7, 11) is 3.10. The monoisotopic (exact) mass is 241 g/mol. The smallest absolute Gasteiger partial charge is 0.326 e. The van der Waals surface area contributed by atoms with Crippen LogP contribution in [0.4, 0.5) is 0 Å². The summed E-state index contributed by atoms with van der Waals surface area (Å²) in [6, 6.07) is 1.75. The van der Waals surface area contributed by atoms with Crippen LogP contribution in [0.3, 0.4) is 0 Å². The predicted octanol–water partition coefficient (Wildman–Crippen LogP) is 0.720. The number of esters is 1. The van der Waals surface area contributed by atoms with Crippen molar-refractivity contribution in [3.63, 3.8) is 0 Å². The van der Waals surface area contributed by atoms with Crippen LogP contribution in [-0.4, -0.2) is 41.4 Å². The molecule has 0 aliphatic carbocycles. The highest BCUT2D eigenvalue weighted by atomic mass is 32.2. The molecule has 0 aliphatic heterocycles. The summed E-state index contributed by atoms with van der Waals surface area (Å²) in [5.74, 6) is 0.221. The molecule has 0 bridgehead atoms. The van der Waals surface area contributed by atoms with Gasteiger partial charge >= 0.3 is 5.97 Å². The van der Waals surface area contributed by atoms with Crippen LogP contribution in [0.5, 0.6) is 0 Å². The van der Waals surface area contributed by atoms with Crippen molar-refractivity contribution in [3.05, 3.63) is 18.5 Å². The van der Waals surface area contributed by atoms with Gasteiger partial charge in [0.1, 0.15) is 5.54 Å². The van der Waals surface area contributed by atoms with E-state index in [2.05, 4.69) is 15.3 Å². The highest BCUT2D eigenvalue weighted by molar-refractivity contribution is 7.99. The number of nitrogens with zero attached hydrogens (tertiary/aromatic N) is 2. The van der Waals surface area contributed by atoms with Crippen LogP contribution in [0.1, 0.15) is 6.92 Å². The molecule has 0 amide bonds. The Hall–Kier alpha value is -1.14. The maximum Gasteiger partial charge on any atom is 0.326 e. The van der Waals surface area contributed by atoms with E-state index in [4.69, 9.17) is 4.74 Å². The van der Waals surface area contributed by atoms with E-state index in [9.17, 15) is 4.79 Å². The fraction of sp³-hybridized carbons (Fsp3) is 0.500. The van der Waals surface area contributed by atoms with E-state index in [1.807, 2.05) is 0 Å². The van der Waals surface area contributed by atoms with Crippen LogP contribution in [-0.2, 0) is 9.53 Å². The number of ether oxygens (including phenoxy) is 1. The zero-order valence-electron chi connectivity index (χ0n) is 9.56. The van der Waals surface area contributed by atoms with Crippen LogP contribution in [0.2, 0.25) is 0 Å². The van der Waals surface area contributed by atoms with Gasteiger partial charge in [0.15, 0.2) is 5.16 Å². The minimum absolute atomic E-state index is 0.293. The molecule has 1 aromatic rings. The molecule has 0 radical (unpaired) electrons. The number of carbonyl (C=O) groups is 1. The maximum atomic E-state index is 11.5. The quantitative estimate of drug-likeness (QED) is 0.465. The van der Waals surface area contributed by atoms with Crippen molar-refractivity contribution in [1.82, 2.24) is 15.3 Å². The molecule has 6 heteroatoms. The second kappa shape index (κ2) is 5.81. The van der Waals surface area contributed by atoms with E-state index < -0.39 is 5.54 Å². The van der Waals surface area contributed by atoms with E-state index in [0.29, 0.717) is 10.9 Å². The first-order valence-corrected chi connectivity index (χ1v) is 5.78. The molecular formula is C10H15N3O2S. The summed E-state index contributed by atoms with van der Waals surface area (Å²) in [4.78, 5) is 19.7. The number of likely N-dealkylation sites (N-methyl/N-ethyl adjacent to an activating group) is 1. The summed E-state index contributed by atoms with van der Waals surface area (Å²) >= 11 is 1.41. The van der Waals surface area contributed by atoms with Crippen LogP contribution in [0.15, 0.2) is 23.6 Å². The molecule has 5 nitrogen and oxygen atoms in total. The summed E-state index contributed by atoms with van der Waals surface area (Å²) in [5, 5.41) is 3.59. The molecule has 1 aromatic heterocycles. The highest BCUT2D eigenvalue weighted by Gasteiger charge is 2.32. The first-order valence-electron chi connectivity index (χ1n) is 4.79. The first-order chi connectivity index (χ1) is 7.62. The van der Waals surface area contributed by atoms with Crippen molar-refractivity contribution in [2.45, 2.75) is 17.6 Å². The summed E-state index contributed by atoms with van der Waals surface area (Å²) < 4.78 is 4.74. The number of carbonyl (C=O) groups excluding carboxylic acids is 1. The van der Waals surface area contributed by atoms with Crippen molar-refractivity contribution in [2.75, 3.05) is 19.9 Å². The topological polar surface area (TPSA) is 64.1 Å². The minimum atomic E-state index is -0.724. The largest absolute Gasteiger partial charge is 0.468 e. The Labute approximate surface area is 99.0 Å². The summed E-state index contributed by atoms with van der Waals surface area (Å²) in [5.41, 5.74) is -0.724. The number of rotatable bonds is 5. The third-order valence-electron chi connectivity index (χ3n) is 2.22. The zero-order valence-corrected chi connectivity index (χ0v) is 10.4. The summed E-state index contributed by atoms with van der Waals surface area (Å²) in [6.07, 6.45) is 3.34. The van der Waals surface area contributed by atoms with E-state index in [0.717, 1.165) is 0 Å². The lowest BCUT2D eigenvalue weighted by Crippen LogP contribution is -2.50. The van der Waals surface area contributed by atoms with Crippen molar-refractivity contribution >= 4 is 17.7 Å². The number of methoxy groups -OCH3 is 1. The molecule has 0 fully saturated rings.